The first-order valence-corrected chi connectivity index (χ1v) is 2.99. The van der Waals surface area contributed by atoms with Gasteiger partial charge < -0.3 is 25.8 Å². The fraction of sp³-hybridized carbons (Fsp3) is 0.800. The van der Waals surface area contributed by atoms with Gasteiger partial charge in [0.25, 0.3) is 0 Å². The summed E-state index contributed by atoms with van der Waals surface area (Å²) < 4.78 is 4.39. The Hall–Kier alpha value is -0.690. The third kappa shape index (κ3) is 3.89. The molecule has 0 radical (unpaired) electrons. The molecule has 6 heteroatoms. The van der Waals surface area contributed by atoms with Crippen LogP contribution in [0.5, 0.6) is 0 Å². The van der Waals surface area contributed by atoms with Gasteiger partial charge >= 0.3 is 5.97 Å². The van der Waals surface area contributed by atoms with Crippen LogP contribution in [0.3, 0.4) is 0 Å². The molecule has 0 bridgehead atoms. The van der Waals surface area contributed by atoms with E-state index in [2.05, 4.69) is 4.74 Å². The lowest BCUT2D eigenvalue weighted by atomic mass is 10.4. The number of carboxylic acid groups (broad SMARTS) is 1. The lowest BCUT2D eigenvalue weighted by Gasteiger charge is -2.14. The summed E-state index contributed by atoms with van der Waals surface area (Å²) >= 11 is 0. The van der Waals surface area contributed by atoms with Crippen molar-refractivity contribution in [3.05, 3.63) is 0 Å². The lowest BCUT2D eigenvalue weighted by molar-refractivity contribution is -0.177. The zero-order valence-corrected chi connectivity index (χ0v) is 5.80. The SMILES string of the molecule is NCC(O)O[C@@H](CO)C(=O)O. The fourth-order valence-electron chi connectivity index (χ4n) is 0.425. The number of rotatable bonds is 5. The molecule has 0 aliphatic carbocycles. The van der Waals surface area contributed by atoms with Crippen molar-refractivity contribution in [2.45, 2.75) is 12.4 Å². The van der Waals surface area contributed by atoms with Gasteiger partial charge in [0.2, 0.25) is 0 Å². The molecule has 66 valence electrons. The van der Waals surface area contributed by atoms with Crippen LogP contribution in [-0.2, 0) is 9.53 Å². The molecule has 0 saturated carbocycles. The number of aliphatic hydroxyl groups excluding tert-OH is 2. The summed E-state index contributed by atoms with van der Waals surface area (Å²) in [5.41, 5.74) is 4.93. The van der Waals surface area contributed by atoms with Gasteiger partial charge in [-0.05, 0) is 0 Å². The summed E-state index contributed by atoms with van der Waals surface area (Å²) in [6, 6.07) is 0. The Balaban J connectivity index is 3.77. The van der Waals surface area contributed by atoms with Crippen molar-refractivity contribution in [1.29, 1.82) is 0 Å². The molecule has 5 N–H and O–H groups in total. The Bertz CT molecular complexity index is 128. The van der Waals surface area contributed by atoms with Gasteiger partial charge in [0.15, 0.2) is 12.4 Å². The van der Waals surface area contributed by atoms with Gasteiger partial charge in [-0.2, -0.15) is 0 Å². The zero-order chi connectivity index (χ0) is 8.85. The summed E-state index contributed by atoms with van der Waals surface area (Å²) in [5.74, 6) is -1.33. The van der Waals surface area contributed by atoms with E-state index in [1.54, 1.807) is 0 Å². The molecule has 2 atom stereocenters. The fourth-order valence-corrected chi connectivity index (χ4v) is 0.425. The number of carboxylic acids is 1. The number of hydrogen-bond acceptors (Lipinski definition) is 5. The van der Waals surface area contributed by atoms with Gasteiger partial charge in [-0.3, -0.25) is 0 Å². The van der Waals surface area contributed by atoms with E-state index in [1.807, 2.05) is 0 Å². The van der Waals surface area contributed by atoms with Crippen LogP contribution >= 0.6 is 0 Å². The number of ether oxygens (including phenoxy) is 1. The quantitative estimate of drug-likeness (QED) is 0.341. The minimum Gasteiger partial charge on any atom is -0.479 e. The van der Waals surface area contributed by atoms with Crippen molar-refractivity contribution in [3.8, 4) is 0 Å². The lowest BCUT2D eigenvalue weighted by Crippen LogP contribution is -2.35. The third-order valence-electron chi connectivity index (χ3n) is 0.964. The molecule has 0 fully saturated rings. The van der Waals surface area contributed by atoms with Gasteiger partial charge in [0.1, 0.15) is 0 Å². The van der Waals surface area contributed by atoms with Crippen LogP contribution in [0.2, 0.25) is 0 Å². The second kappa shape index (κ2) is 5.03. The smallest absolute Gasteiger partial charge is 0.335 e. The van der Waals surface area contributed by atoms with Crippen molar-refractivity contribution in [2.75, 3.05) is 13.2 Å². The van der Waals surface area contributed by atoms with E-state index in [1.165, 1.54) is 0 Å². The first-order valence-electron chi connectivity index (χ1n) is 2.99. The van der Waals surface area contributed by atoms with Crippen LogP contribution in [0.25, 0.3) is 0 Å². The second-order valence-corrected chi connectivity index (χ2v) is 1.84. The molecule has 0 amide bonds. The Labute approximate surface area is 63.2 Å². The predicted octanol–water partition coefficient (Wildman–Crippen LogP) is -2.27. The molecule has 0 heterocycles. The molecule has 0 spiro atoms. The first kappa shape index (κ1) is 10.3. The highest BCUT2D eigenvalue weighted by atomic mass is 16.6. The Morgan fingerprint density at radius 1 is 1.64 bits per heavy atom. The predicted molar refractivity (Wildman–Crippen MR) is 34.7 cm³/mol. The Kier molecular flexibility index (Phi) is 4.71. The number of aliphatic hydroxyl groups is 2. The van der Waals surface area contributed by atoms with Crippen molar-refractivity contribution in [2.24, 2.45) is 5.73 Å². The maximum Gasteiger partial charge on any atom is 0.335 e. The highest BCUT2D eigenvalue weighted by molar-refractivity contribution is 5.72. The van der Waals surface area contributed by atoms with Crippen LogP contribution in [0.1, 0.15) is 0 Å². The molecule has 0 rings (SSSR count). The van der Waals surface area contributed by atoms with Crippen molar-refractivity contribution < 1.29 is 24.9 Å². The average Bonchev–Trinajstić information content (AvgIpc) is 1.99. The average molecular weight is 165 g/mol. The monoisotopic (exact) mass is 165 g/mol. The molecule has 11 heavy (non-hydrogen) atoms. The molecule has 0 saturated heterocycles. The first-order chi connectivity index (χ1) is 5.11. The Morgan fingerprint density at radius 2 is 2.18 bits per heavy atom. The third-order valence-corrected chi connectivity index (χ3v) is 0.964. The van der Waals surface area contributed by atoms with Crippen LogP contribution < -0.4 is 5.73 Å². The van der Waals surface area contributed by atoms with Crippen LogP contribution in [0, 0.1) is 0 Å². The van der Waals surface area contributed by atoms with Crippen LogP contribution in [0.4, 0.5) is 0 Å². The number of carbonyl (C=O) groups is 1. The van der Waals surface area contributed by atoms with Crippen molar-refractivity contribution in [1.82, 2.24) is 0 Å². The van der Waals surface area contributed by atoms with Gasteiger partial charge in [0, 0.05) is 6.54 Å². The number of nitrogens with two attached hydrogens (primary N) is 1. The minimum absolute atomic E-state index is 0.205. The van der Waals surface area contributed by atoms with E-state index in [4.69, 9.17) is 21.1 Å². The summed E-state index contributed by atoms with van der Waals surface area (Å²) in [4.78, 5) is 10.1. The van der Waals surface area contributed by atoms with E-state index < -0.39 is 25.0 Å². The second-order valence-electron chi connectivity index (χ2n) is 1.84. The summed E-state index contributed by atoms with van der Waals surface area (Å²) in [6.07, 6.45) is -2.75. The molecule has 0 aromatic heterocycles. The topological polar surface area (TPSA) is 113 Å². The molecular formula is C5H11NO5. The minimum atomic E-state index is -1.41. The van der Waals surface area contributed by atoms with Crippen molar-refractivity contribution in [3.63, 3.8) is 0 Å². The van der Waals surface area contributed by atoms with E-state index in [-0.39, 0.29) is 6.54 Å². The largest absolute Gasteiger partial charge is 0.479 e. The molecule has 1 unspecified atom stereocenters. The van der Waals surface area contributed by atoms with Crippen molar-refractivity contribution >= 4 is 5.97 Å². The van der Waals surface area contributed by atoms with Gasteiger partial charge in [-0.25, -0.2) is 4.79 Å². The molecule has 6 nitrogen and oxygen atoms in total. The molecule has 0 aromatic rings. The maximum atomic E-state index is 10.1. The van der Waals surface area contributed by atoms with E-state index >= 15 is 0 Å². The molecule has 0 aliphatic rings. The maximum absolute atomic E-state index is 10.1. The zero-order valence-electron chi connectivity index (χ0n) is 5.80. The standard InChI is InChI=1S/C5H11NO5/c6-1-4(8)11-3(2-7)5(9)10/h3-4,7-8H,1-2,6H2,(H,9,10)/t3-,4?/m0/s1. The molecular weight excluding hydrogens is 154 g/mol. The van der Waals surface area contributed by atoms with E-state index in [0.717, 1.165) is 0 Å². The van der Waals surface area contributed by atoms with Crippen LogP contribution in [0.15, 0.2) is 0 Å². The van der Waals surface area contributed by atoms with Gasteiger partial charge in [-0.15, -0.1) is 0 Å². The summed E-state index contributed by atoms with van der Waals surface area (Å²) in [5, 5.41) is 25.4. The molecule has 0 aliphatic heterocycles. The highest BCUT2D eigenvalue weighted by Crippen LogP contribution is 1.94. The van der Waals surface area contributed by atoms with Crippen LogP contribution in [-0.4, -0.2) is 46.8 Å². The summed E-state index contributed by atoms with van der Waals surface area (Å²) in [7, 11) is 0. The highest BCUT2D eigenvalue weighted by Gasteiger charge is 2.19. The van der Waals surface area contributed by atoms with Gasteiger partial charge in [-0.1, -0.05) is 0 Å². The number of aliphatic carboxylic acids is 1. The molecule has 0 aromatic carbocycles. The Morgan fingerprint density at radius 3 is 2.45 bits per heavy atom. The number of hydrogen-bond donors (Lipinski definition) is 4. The van der Waals surface area contributed by atoms with E-state index in [0.29, 0.717) is 0 Å². The normalized spacial score (nSPS) is 15.9. The van der Waals surface area contributed by atoms with Gasteiger partial charge in [0.05, 0.1) is 6.61 Å². The van der Waals surface area contributed by atoms with E-state index in [9.17, 15) is 4.79 Å². The summed E-state index contributed by atoms with van der Waals surface area (Å²) in [6.45, 7) is -0.893.